The fourth-order valence-corrected chi connectivity index (χ4v) is 3.49. The Balaban J connectivity index is 2.99. The molecular formula is C16H28N2O2S. The van der Waals surface area contributed by atoms with Crippen LogP contribution in [0.15, 0.2) is 17.0 Å². The highest BCUT2D eigenvalue weighted by atomic mass is 32.2. The molecule has 0 spiro atoms. The molecule has 4 nitrogen and oxygen atoms in total. The van der Waals surface area contributed by atoms with Crippen LogP contribution in [0.2, 0.25) is 0 Å². The highest BCUT2D eigenvalue weighted by Crippen LogP contribution is 2.22. The topological polar surface area (TPSA) is 58.2 Å². The van der Waals surface area contributed by atoms with Crippen molar-refractivity contribution in [2.24, 2.45) is 5.41 Å². The van der Waals surface area contributed by atoms with Crippen LogP contribution in [0.3, 0.4) is 0 Å². The van der Waals surface area contributed by atoms with E-state index >= 15 is 0 Å². The van der Waals surface area contributed by atoms with Crippen LogP contribution in [0.4, 0.5) is 0 Å². The summed E-state index contributed by atoms with van der Waals surface area (Å²) in [7, 11) is -1.59. The van der Waals surface area contributed by atoms with Crippen molar-refractivity contribution in [2.75, 3.05) is 13.6 Å². The molecule has 0 fully saturated rings. The lowest BCUT2D eigenvalue weighted by molar-refractivity contribution is 0.378. The number of aryl methyl sites for hydroxylation is 2. The maximum absolute atomic E-state index is 12.5. The first-order valence-electron chi connectivity index (χ1n) is 7.31. The molecule has 0 aliphatic heterocycles. The van der Waals surface area contributed by atoms with Gasteiger partial charge in [-0.3, -0.25) is 0 Å². The second-order valence-corrected chi connectivity index (χ2v) is 8.52. The van der Waals surface area contributed by atoms with Gasteiger partial charge in [0.05, 0.1) is 4.90 Å². The van der Waals surface area contributed by atoms with E-state index < -0.39 is 10.0 Å². The molecule has 5 heteroatoms. The van der Waals surface area contributed by atoms with E-state index in [4.69, 9.17) is 0 Å². The van der Waals surface area contributed by atoms with Gasteiger partial charge < -0.3 is 5.32 Å². The van der Waals surface area contributed by atoms with Crippen molar-refractivity contribution in [2.45, 2.75) is 52.5 Å². The fraction of sp³-hybridized carbons (Fsp3) is 0.625. The molecule has 1 aromatic carbocycles. The van der Waals surface area contributed by atoms with Crippen LogP contribution < -0.4 is 10.0 Å². The smallest absolute Gasteiger partial charge is 0.240 e. The molecule has 0 saturated heterocycles. The van der Waals surface area contributed by atoms with E-state index in [-0.39, 0.29) is 5.41 Å². The van der Waals surface area contributed by atoms with E-state index in [2.05, 4.69) is 30.8 Å². The molecule has 0 aromatic heterocycles. The van der Waals surface area contributed by atoms with E-state index in [0.717, 1.165) is 23.1 Å². The van der Waals surface area contributed by atoms with E-state index in [1.807, 2.05) is 27.0 Å². The number of nitrogens with one attached hydrogen (secondary N) is 2. The molecular weight excluding hydrogens is 284 g/mol. The summed E-state index contributed by atoms with van der Waals surface area (Å²) in [5, 5.41) is 3.07. The maximum atomic E-state index is 12.5. The lowest BCUT2D eigenvalue weighted by Gasteiger charge is -2.19. The Bertz CT molecular complexity index is 587. The fourth-order valence-electron chi connectivity index (χ4n) is 2.18. The molecule has 0 unspecified atom stereocenters. The van der Waals surface area contributed by atoms with Crippen LogP contribution >= 0.6 is 0 Å². The monoisotopic (exact) mass is 312 g/mol. The van der Waals surface area contributed by atoms with Gasteiger partial charge in [-0.15, -0.1) is 0 Å². The largest absolute Gasteiger partial charge is 0.316 e. The first-order chi connectivity index (χ1) is 9.57. The average molecular weight is 312 g/mol. The van der Waals surface area contributed by atoms with Crippen molar-refractivity contribution in [1.82, 2.24) is 10.0 Å². The minimum Gasteiger partial charge on any atom is -0.316 e. The van der Waals surface area contributed by atoms with Gasteiger partial charge in [0, 0.05) is 13.1 Å². The highest BCUT2D eigenvalue weighted by Gasteiger charge is 2.19. The van der Waals surface area contributed by atoms with Crippen molar-refractivity contribution < 1.29 is 8.42 Å². The Morgan fingerprint density at radius 1 is 1.10 bits per heavy atom. The number of benzene rings is 1. The highest BCUT2D eigenvalue weighted by molar-refractivity contribution is 7.89. The van der Waals surface area contributed by atoms with E-state index in [0.29, 0.717) is 18.0 Å². The summed E-state index contributed by atoms with van der Waals surface area (Å²) in [6.07, 6.45) is 0.806. The summed E-state index contributed by atoms with van der Waals surface area (Å²) >= 11 is 0. The van der Waals surface area contributed by atoms with Crippen molar-refractivity contribution in [3.63, 3.8) is 0 Å². The molecule has 1 aromatic rings. The van der Waals surface area contributed by atoms with Crippen LogP contribution in [-0.2, 0) is 16.6 Å². The molecule has 0 bridgehead atoms. The molecule has 0 amide bonds. The Hall–Kier alpha value is -0.910. The first kappa shape index (κ1) is 18.1. The second-order valence-electron chi connectivity index (χ2n) is 6.78. The molecule has 0 saturated carbocycles. The molecule has 1 rings (SSSR count). The number of sulfonamides is 1. The zero-order valence-corrected chi connectivity index (χ0v) is 14.8. The molecule has 120 valence electrons. The molecule has 0 heterocycles. The zero-order valence-electron chi connectivity index (χ0n) is 14.0. The Morgan fingerprint density at radius 3 is 2.24 bits per heavy atom. The van der Waals surface area contributed by atoms with Gasteiger partial charge in [-0.1, -0.05) is 26.8 Å². The summed E-state index contributed by atoms with van der Waals surface area (Å²) in [4.78, 5) is 0.382. The van der Waals surface area contributed by atoms with E-state index in [9.17, 15) is 8.42 Å². The minimum atomic E-state index is -3.45. The Morgan fingerprint density at radius 2 is 1.71 bits per heavy atom. The van der Waals surface area contributed by atoms with Gasteiger partial charge in [0.15, 0.2) is 0 Å². The lowest BCUT2D eigenvalue weighted by Crippen LogP contribution is -2.28. The second kappa shape index (κ2) is 6.90. The van der Waals surface area contributed by atoms with Gasteiger partial charge in [0.1, 0.15) is 0 Å². The standard InChI is InChI=1S/C16H28N2O2S/c1-12-9-13(2)15(10-14(12)11-17-6)21(19,20)18-8-7-16(3,4)5/h9-10,17-18H,7-8,11H2,1-6H3. The Labute approximate surface area is 129 Å². The van der Waals surface area contributed by atoms with Crippen LogP contribution in [0, 0.1) is 19.3 Å². The van der Waals surface area contributed by atoms with Crippen molar-refractivity contribution in [3.05, 3.63) is 28.8 Å². The zero-order chi connectivity index (χ0) is 16.3. The lowest BCUT2D eigenvalue weighted by atomic mass is 9.93. The van der Waals surface area contributed by atoms with E-state index in [1.54, 1.807) is 6.07 Å². The molecule has 0 aliphatic rings. The Kier molecular flexibility index (Phi) is 5.96. The van der Waals surface area contributed by atoms with Crippen molar-refractivity contribution in [3.8, 4) is 0 Å². The third kappa shape index (κ3) is 5.41. The number of hydrogen-bond acceptors (Lipinski definition) is 3. The van der Waals surface area contributed by atoms with Gasteiger partial charge in [-0.25, -0.2) is 13.1 Å². The molecule has 0 atom stereocenters. The van der Waals surface area contributed by atoms with E-state index in [1.165, 1.54) is 0 Å². The third-order valence-corrected chi connectivity index (χ3v) is 5.06. The van der Waals surface area contributed by atoms with Gasteiger partial charge >= 0.3 is 0 Å². The predicted molar refractivity (Wildman–Crippen MR) is 87.9 cm³/mol. The summed E-state index contributed by atoms with van der Waals surface area (Å²) in [5.41, 5.74) is 3.02. The first-order valence-corrected chi connectivity index (χ1v) is 8.79. The van der Waals surface area contributed by atoms with Gasteiger partial charge in [0.2, 0.25) is 10.0 Å². The van der Waals surface area contributed by atoms with Crippen molar-refractivity contribution in [1.29, 1.82) is 0 Å². The molecule has 0 radical (unpaired) electrons. The average Bonchev–Trinajstić information content (AvgIpc) is 2.30. The van der Waals surface area contributed by atoms with Gasteiger partial charge in [0.25, 0.3) is 0 Å². The summed E-state index contributed by atoms with van der Waals surface area (Å²) in [6, 6.07) is 3.71. The van der Waals surface area contributed by atoms with Crippen LogP contribution in [0.1, 0.15) is 43.9 Å². The van der Waals surface area contributed by atoms with Gasteiger partial charge in [-0.05, 0) is 55.5 Å². The van der Waals surface area contributed by atoms with Crippen molar-refractivity contribution >= 4 is 10.0 Å². The minimum absolute atomic E-state index is 0.113. The van der Waals surface area contributed by atoms with Crippen LogP contribution in [0.25, 0.3) is 0 Å². The number of rotatable bonds is 6. The number of hydrogen-bond donors (Lipinski definition) is 2. The van der Waals surface area contributed by atoms with Crippen LogP contribution in [0.5, 0.6) is 0 Å². The molecule has 0 aliphatic carbocycles. The third-order valence-electron chi connectivity index (χ3n) is 3.46. The molecule has 2 N–H and O–H groups in total. The quantitative estimate of drug-likeness (QED) is 0.849. The SMILES string of the molecule is CNCc1cc(S(=O)(=O)NCCC(C)(C)C)c(C)cc1C. The van der Waals surface area contributed by atoms with Crippen LogP contribution in [-0.4, -0.2) is 22.0 Å². The normalized spacial score (nSPS) is 12.7. The van der Waals surface area contributed by atoms with Gasteiger partial charge in [-0.2, -0.15) is 0 Å². The maximum Gasteiger partial charge on any atom is 0.240 e. The summed E-state index contributed by atoms with van der Waals surface area (Å²) in [6.45, 7) is 11.3. The summed E-state index contributed by atoms with van der Waals surface area (Å²) < 4.78 is 27.7. The molecule has 21 heavy (non-hydrogen) atoms. The predicted octanol–water partition coefficient (Wildman–Crippen LogP) is 2.74. The summed E-state index contributed by atoms with van der Waals surface area (Å²) in [5.74, 6) is 0.